The lowest BCUT2D eigenvalue weighted by Crippen LogP contribution is -2.25. The molecule has 2 heterocycles. The van der Waals surface area contributed by atoms with Crippen molar-refractivity contribution in [3.8, 4) is 11.5 Å². The van der Waals surface area contributed by atoms with Crippen molar-refractivity contribution >= 4 is 0 Å². The van der Waals surface area contributed by atoms with Crippen molar-refractivity contribution in [1.29, 1.82) is 0 Å². The minimum Gasteiger partial charge on any atom is -0.497 e. The van der Waals surface area contributed by atoms with Crippen molar-refractivity contribution in [2.24, 2.45) is 5.73 Å². The Morgan fingerprint density at radius 3 is 3.10 bits per heavy atom. The van der Waals surface area contributed by atoms with Crippen LogP contribution in [-0.4, -0.2) is 16.7 Å². The molecule has 2 N–H and O–H groups in total. The molecule has 2 aromatic rings. The van der Waals surface area contributed by atoms with Gasteiger partial charge in [-0.15, -0.1) is 0 Å². The van der Waals surface area contributed by atoms with Gasteiger partial charge in [0, 0.05) is 30.6 Å². The number of nitrogens with two attached hydrogens (primary N) is 1. The number of fused-ring (bicyclic) bond motifs is 1. The van der Waals surface area contributed by atoms with E-state index in [9.17, 15) is 0 Å². The molecular weight excluding hydrogens is 254 g/mol. The highest BCUT2D eigenvalue weighted by Crippen LogP contribution is 2.41. The van der Waals surface area contributed by atoms with Crippen LogP contribution in [0.2, 0.25) is 0 Å². The van der Waals surface area contributed by atoms with E-state index in [2.05, 4.69) is 16.5 Å². The fraction of sp³-hybridized carbons (Fsp3) is 0.400. The van der Waals surface area contributed by atoms with E-state index in [1.54, 1.807) is 7.11 Å². The van der Waals surface area contributed by atoms with E-state index >= 15 is 0 Å². The molecular formula is C15H19N3O2. The molecule has 0 saturated heterocycles. The van der Waals surface area contributed by atoms with Crippen molar-refractivity contribution in [3.63, 3.8) is 0 Å². The second-order valence-corrected chi connectivity index (χ2v) is 4.96. The predicted molar refractivity (Wildman–Crippen MR) is 75.8 cm³/mol. The molecule has 1 aromatic heterocycles. The van der Waals surface area contributed by atoms with E-state index in [-0.39, 0.29) is 12.1 Å². The number of aromatic nitrogens is 2. The summed E-state index contributed by atoms with van der Waals surface area (Å²) >= 11 is 0. The molecule has 1 aliphatic rings. The van der Waals surface area contributed by atoms with Crippen LogP contribution < -0.4 is 15.2 Å². The largest absolute Gasteiger partial charge is 0.497 e. The van der Waals surface area contributed by atoms with Crippen LogP contribution in [0.15, 0.2) is 30.7 Å². The van der Waals surface area contributed by atoms with Crippen molar-refractivity contribution in [2.45, 2.75) is 32.0 Å². The Labute approximate surface area is 118 Å². The van der Waals surface area contributed by atoms with Crippen molar-refractivity contribution < 1.29 is 9.47 Å². The van der Waals surface area contributed by atoms with E-state index in [4.69, 9.17) is 15.2 Å². The molecule has 5 heteroatoms. The number of nitrogens with zero attached hydrogens (tertiary/aromatic N) is 2. The number of hydrogen-bond acceptors (Lipinski definition) is 4. The zero-order valence-corrected chi connectivity index (χ0v) is 11.7. The SMILES string of the molecule is CCn1cncc1C1CC(N)c2ccc(OC)cc2O1. The van der Waals surface area contributed by atoms with Crippen LogP contribution in [0.25, 0.3) is 0 Å². The third kappa shape index (κ3) is 2.14. The Morgan fingerprint density at radius 2 is 2.35 bits per heavy atom. The van der Waals surface area contributed by atoms with Crippen LogP contribution in [0.5, 0.6) is 11.5 Å². The molecule has 5 nitrogen and oxygen atoms in total. The summed E-state index contributed by atoms with van der Waals surface area (Å²) in [5.74, 6) is 1.58. The van der Waals surface area contributed by atoms with Crippen molar-refractivity contribution in [3.05, 3.63) is 42.0 Å². The summed E-state index contributed by atoms with van der Waals surface area (Å²) in [7, 11) is 1.65. The maximum Gasteiger partial charge on any atom is 0.142 e. The molecule has 0 amide bonds. The maximum absolute atomic E-state index is 6.28. The number of methoxy groups -OCH3 is 1. The molecule has 1 aliphatic heterocycles. The molecule has 0 radical (unpaired) electrons. The van der Waals surface area contributed by atoms with Gasteiger partial charge in [0.25, 0.3) is 0 Å². The summed E-state index contributed by atoms with van der Waals surface area (Å²) < 4.78 is 13.4. The number of aryl methyl sites for hydroxylation is 1. The fourth-order valence-electron chi connectivity index (χ4n) is 2.65. The zero-order chi connectivity index (χ0) is 14.1. The maximum atomic E-state index is 6.28. The zero-order valence-electron chi connectivity index (χ0n) is 11.7. The number of benzene rings is 1. The molecule has 0 spiro atoms. The van der Waals surface area contributed by atoms with Gasteiger partial charge in [0.05, 0.1) is 25.3 Å². The summed E-state index contributed by atoms with van der Waals surface area (Å²) in [6.07, 6.45) is 4.37. The minimum absolute atomic E-state index is 0.0325. The van der Waals surface area contributed by atoms with Gasteiger partial charge in [0.2, 0.25) is 0 Å². The highest BCUT2D eigenvalue weighted by molar-refractivity contribution is 5.44. The summed E-state index contributed by atoms with van der Waals surface area (Å²) in [5.41, 5.74) is 8.37. The van der Waals surface area contributed by atoms with Gasteiger partial charge in [-0.1, -0.05) is 6.07 Å². The van der Waals surface area contributed by atoms with Crippen molar-refractivity contribution in [1.82, 2.24) is 9.55 Å². The summed E-state index contributed by atoms with van der Waals surface area (Å²) in [4.78, 5) is 4.20. The van der Waals surface area contributed by atoms with E-state index in [0.29, 0.717) is 0 Å². The summed E-state index contributed by atoms with van der Waals surface area (Å²) in [6.45, 7) is 2.96. The van der Waals surface area contributed by atoms with Crippen LogP contribution >= 0.6 is 0 Å². The van der Waals surface area contributed by atoms with Gasteiger partial charge in [-0.2, -0.15) is 0 Å². The lowest BCUT2D eigenvalue weighted by molar-refractivity contribution is 0.152. The van der Waals surface area contributed by atoms with E-state index in [0.717, 1.165) is 35.7 Å². The van der Waals surface area contributed by atoms with E-state index in [1.807, 2.05) is 30.7 Å². The van der Waals surface area contributed by atoms with Gasteiger partial charge in [0.15, 0.2) is 0 Å². The van der Waals surface area contributed by atoms with E-state index in [1.165, 1.54) is 0 Å². The highest BCUT2D eigenvalue weighted by Gasteiger charge is 2.29. The highest BCUT2D eigenvalue weighted by atomic mass is 16.5. The van der Waals surface area contributed by atoms with Crippen LogP contribution in [0, 0.1) is 0 Å². The third-order valence-corrected chi connectivity index (χ3v) is 3.77. The van der Waals surface area contributed by atoms with Gasteiger partial charge in [-0.25, -0.2) is 4.98 Å². The van der Waals surface area contributed by atoms with Gasteiger partial charge < -0.3 is 19.8 Å². The first-order valence-electron chi connectivity index (χ1n) is 6.83. The molecule has 1 aromatic carbocycles. The molecule has 0 saturated carbocycles. The monoisotopic (exact) mass is 273 g/mol. The number of imidazole rings is 1. The molecule has 20 heavy (non-hydrogen) atoms. The summed E-state index contributed by atoms with van der Waals surface area (Å²) in [6, 6.07) is 5.76. The lowest BCUT2D eigenvalue weighted by Gasteiger charge is -2.30. The quantitative estimate of drug-likeness (QED) is 0.933. The normalized spacial score (nSPS) is 21.1. The second-order valence-electron chi connectivity index (χ2n) is 4.96. The van der Waals surface area contributed by atoms with Crippen LogP contribution in [-0.2, 0) is 6.54 Å². The van der Waals surface area contributed by atoms with E-state index < -0.39 is 0 Å². The van der Waals surface area contributed by atoms with Gasteiger partial charge in [0.1, 0.15) is 17.6 Å². The average molecular weight is 273 g/mol. The van der Waals surface area contributed by atoms with Gasteiger partial charge >= 0.3 is 0 Å². The molecule has 106 valence electrons. The van der Waals surface area contributed by atoms with Crippen LogP contribution in [0.1, 0.15) is 36.7 Å². The Kier molecular flexibility index (Phi) is 3.36. The first-order chi connectivity index (χ1) is 9.72. The lowest BCUT2D eigenvalue weighted by atomic mass is 9.96. The topological polar surface area (TPSA) is 62.3 Å². The molecule has 3 rings (SSSR count). The molecule has 0 aliphatic carbocycles. The summed E-state index contributed by atoms with van der Waals surface area (Å²) in [5, 5.41) is 0. The Morgan fingerprint density at radius 1 is 1.50 bits per heavy atom. The molecule has 0 bridgehead atoms. The Bertz CT molecular complexity index is 609. The smallest absolute Gasteiger partial charge is 0.142 e. The fourth-order valence-corrected chi connectivity index (χ4v) is 2.65. The predicted octanol–water partition coefficient (Wildman–Crippen LogP) is 2.44. The van der Waals surface area contributed by atoms with Crippen LogP contribution in [0.3, 0.4) is 0 Å². The van der Waals surface area contributed by atoms with Gasteiger partial charge in [-0.05, 0) is 13.0 Å². The third-order valence-electron chi connectivity index (χ3n) is 3.77. The van der Waals surface area contributed by atoms with Crippen LogP contribution in [0.4, 0.5) is 0 Å². The molecule has 2 atom stereocenters. The second kappa shape index (κ2) is 5.17. The number of rotatable bonds is 3. The molecule has 2 unspecified atom stereocenters. The molecule has 0 fully saturated rings. The standard InChI is InChI=1S/C15H19N3O2/c1-3-18-9-17-8-13(18)15-7-12(16)11-5-4-10(19-2)6-14(11)20-15/h4-6,8-9,12,15H,3,7,16H2,1-2H3. The average Bonchev–Trinajstić information content (AvgIpc) is 2.95. The minimum atomic E-state index is -0.0629. The first kappa shape index (κ1) is 13.0. The first-order valence-corrected chi connectivity index (χ1v) is 6.83. The van der Waals surface area contributed by atoms with Crippen molar-refractivity contribution in [2.75, 3.05) is 7.11 Å². The number of ether oxygens (including phenoxy) is 2. The van der Waals surface area contributed by atoms with Gasteiger partial charge in [-0.3, -0.25) is 0 Å². The Hall–Kier alpha value is -2.01. The number of hydrogen-bond donors (Lipinski definition) is 1. The Balaban J connectivity index is 1.95.